The molecule has 0 radical (unpaired) electrons. The Bertz CT molecular complexity index is 109. The molecule has 1 atom stereocenters. The van der Waals surface area contributed by atoms with Crippen LogP contribution in [-0.2, 0) is 4.79 Å². The summed E-state index contributed by atoms with van der Waals surface area (Å²) in [6.45, 7) is 7.52. The van der Waals surface area contributed by atoms with E-state index >= 15 is 0 Å². The lowest BCUT2D eigenvalue weighted by molar-refractivity contribution is -0.119. The van der Waals surface area contributed by atoms with Gasteiger partial charge in [0.1, 0.15) is 0 Å². The van der Waals surface area contributed by atoms with Crippen molar-refractivity contribution in [3.8, 4) is 0 Å². The molecule has 11 heavy (non-hydrogen) atoms. The molecule has 3 nitrogen and oxygen atoms in total. The fraction of sp³-hybridized carbons (Fsp3) is 0.875. The van der Waals surface area contributed by atoms with Gasteiger partial charge in [0.25, 0.3) is 0 Å². The van der Waals surface area contributed by atoms with Gasteiger partial charge in [0.05, 0.1) is 0 Å². The van der Waals surface area contributed by atoms with Crippen LogP contribution in [0.1, 0.15) is 27.2 Å². The van der Waals surface area contributed by atoms with Gasteiger partial charge in [0.15, 0.2) is 0 Å². The molecule has 1 fully saturated rings. The largest absolute Gasteiger partial charge is 0.352 e. The molecular formula is C8H18N2O. The second-order valence-electron chi connectivity index (χ2n) is 2.39. The molecule has 0 aliphatic carbocycles. The van der Waals surface area contributed by atoms with Crippen molar-refractivity contribution in [3.05, 3.63) is 0 Å². The molecule has 0 aromatic rings. The van der Waals surface area contributed by atoms with Gasteiger partial charge in [0.2, 0.25) is 5.91 Å². The second-order valence-corrected chi connectivity index (χ2v) is 2.39. The summed E-state index contributed by atoms with van der Waals surface area (Å²) in [6.07, 6.45) is 1.07. The van der Waals surface area contributed by atoms with Crippen molar-refractivity contribution in [3.63, 3.8) is 0 Å². The van der Waals surface area contributed by atoms with Crippen LogP contribution >= 0.6 is 0 Å². The number of carbonyl (C=O) groups excluding carboxylic acids is 1. The monoisotopic (exact) mass is 158 g/mol. The third kappa shape index (κ3) is 4.79. The quantitative estimate of drug-likeness (QED) is 0.584. The summed E-state index contributed by atoms with van der Waals surface area (Å²) in [4.78, 5) is 10.5. The van der Waals surface area contributed by atoms with Crippen molar-refractivity contribution in [2.45, 2.75) is 33.2 Å². The SMILES string of the molecule is CC.CC(=O)N[C@H]1CCNC1. The average molecular weight is 158 g/mol. The minimum atomic E-state index is 0.0729. The van der Waals surface area contributed by atoms with Crippen LogP contribution in [0, 0.1) is 0 Å². The molecule has 3 heteroatoms. The molecule has 0 saturated carbocycles. The lowest BCUT2D eigenvalue weighted by Gasteiger charge is -2.07. The second kappa shape index (κ2) is 6.16. The maximum absolute atomic E-state index is 10.5. The topological polar surface area (TPSA) is 41.1 Å². The maximum atomic E-state index is 10.5. The zero-order valence-corrected chi connectivity index (χ0v) is 7.61. The van der Waals surface area contributed by atoms with Crippen LogP contribution in [0.4, 0.5) is 0 Å². The molecule has 0 aromatic carbocycles. The summed E-state index contributed by atoms with van der Waals surface area (Å²) in [7, 11) is 0. The molecule has 0 aromatic heterocycles. The van der Waals surface area contributed by atoms with E-state index in [2.05, 4.69) is 10.6 Å². The third-order valence-corrected chi connectivity index (χ3v) is 1.47. The van der Waals surface area contributed by atoms with Crippen molar-refractivity contribution >= 4 is 5.91 Å². The average Bonchev–Trinajstić information content (AvgIpc) is 2.43. The molecule has 1 aliphatic rings. The van der Waals surface area contributed by atoms with Crippen LogP contribution in [0.2, 0.25) is 0 Å². The molecule has 0 spiro atoms. The molecule has 1 aliphatic heterocycles. The molecule has 1 rings (SSSR count). The van der Waals surface area contributed by atoms with E-state index in [9.17, 15) is 4.79 Å². The third-order valence-electron chi connectivity index (χ3n) is 1.47. The van der Waals surface area contributed by atoms with Crippen LogP contribution in [0.25, 0.3) is 0 Å². The minimum Gasteiger partial charge on any atom is -0.352 e. The Morgan fingerprint density at radius 3 is 2.55 bits per heavy atom. The first-order chi connectivity index (χ1) is 5.29. The Hall–Kier alpha value is -0.570. The van der Waals surface area contributed by atoms with Gasteiger partial charge in [0, 0.05) is 19.5 Å². The highest BCUT2D eigenvalue weighted by Gasteiger charge is 2.13. The highest BCUT2D eigenvalue weighted by atomic mass is 16.1. The van der Waals surface area contributed by atoms with Crippen molar-refractivity contribution < 1.29 is 4.79 Å². The van der Waals surface area contributed by atoms with E-state index in [-0.39, 0.29) is 5.91 Å². The number of amides is 1. The van der Waals surface area contributed by atoms with Crippen LogP contribution in [-0.4, -0.2) is 25.0 Å². The fourth-order valence-corrected chi connectivity index (χ4v) is 1.07. The lowest BCUT2D eigenvalue weighted by atomic mass is 10.3. The Morgan fingerprint density at radius 1 is 1.55 bits per heavy atom. The van der Waals surface area contributed by atoms with Crippen molar-refractivity contribution in [2.24, 2.45) is 0 Å². The van der Waals surface area contributed by atoms with E-state index in [1.807, 2.05) is 13.8 Å². The zero-order valence-electron chi connectivity index (χ0n) is 7.61. The van der Waals surface area contributed by atoms with E-state index in [1.165, 1.54) is 0 Å². The number of rotatable bonds is 1. The molecule has 1 heterocycles. The highest BCUT2D eigenvalue weighted by molar-refractivity contribution is 5.73. The standard InChI is InChI=1S/C6H12N2O.C2H6/c1-5(9)8-6-2-3-7-4-6;1-2/h6-7H,2-4H2,1H3,(H,8,9);1-2H3/t6-;/m0./s1. The summed E-state index contributed by atoms with van der Waals surface area (Å²) < 4.78 is 0. The number of hydrogen-bond acceptors (Lipinski definition) is 2. The number of carbonyl (C=O) groups is 1. The molecule has 0 bridgehead atoms. The highest BCUT2D eigenvalue weighted by Crippen LogP contribution is 1.95. The summed E-state index contributed by atoms with van der Waals surface area (Å²) in [5, 5.41) is 6.00. The smallest absolute Gasteiger partial charge is 0.217 e. The number of hydrogen-bond donors (Lipinski definition) is 2. The van der Waals surface area contributed by atoms with Crippen LogP contribution in [0.3, 0.4) is 0 Å². The first kappa shape index (κ1) is 10.4. The molecule has 0 unspecified atom stereocenters. The van der Waals surface area contributed by atoms with Gasteiger partial charge in [-0.25, -0.2) is 0 Å². The predicted molar refractivity (Wildman–Crippen MR) is 46.4 cm³/mol. The Morgan fingerprint density at radius 2 is 2.18 bits per heavy atom. The fourth-order valence-electron chi connectivity index (χ4n) is 1.07. The molecule has 66 valence electrons. The summed E-state index contributed by atoms with van der Waals surface area (Å²) in [5.74, 6) is 0.0729. The van der Waals surface area contributed by atoms with Gasteiger partial charge in [-0.1, -0.05) is 13.8 Å². The number of nitrogens with one attached hydrogen (secondary N) is 2. The molecular weight excluding hydrogens is 140 g/mol. The Labute approximate surface area is 68.6 Å². The van der Waals surface area contributed by atoms with Gasteiger partial charge in [-0.3, -0.25) is 4.79 Å². The van der Waals surface area contributed by atoms with Crippen molar-refractivity contribution in [1.29, 1.82) is 0 Å². The van der Waals surface area contributed by atoms with Crippen LogP contribution in [0.5, 0.6) is 0 Å². The maximum Gasteiger partial charge on any atom is 0.217 e. The van der Waals surface area contributed by atoms with E-state index < -0.39 is 0 Å². The van der Waals surface area contributed by atoms with Gasteiger partial charge in [-0.2, -0.15) is 0 Å². The van der Waals surface area contributed by atoms with E-state index in [0.717, 1.165) is 19.5 Å². The zero-order chi connectivity index (χ0) is 8.69. The van der Waals surface area contributed by atoms with Gasteiger partial charge in [-0.05, 0) is 13.0 Å². The molecule has 2 N–H and O–H groups in total. The first-order valence-electron chi connectivity index (χ1n) is 4.27. The van der Waals surface area contributed by atoms with E-state index in [4.69, 9.17) is 0 Å². The van der Waals surface area contributed by atoms with Crippen molar-refractivity contribution in [1.82, 2.24) is 10.6 Å². The van der Waals surface area contributed by atoms with E-state index in [0.29, 0.717) is 6.04 Å². The lowest BCUT2D eigenvalue weighted by Crippen LogP contribution is -2.34. The predicted octanol–water partition coefficient (Wildman–Crippen LogP) is 0.511. The summed E-state index contributed by atoms with van der Waals surface area (Å²) in [5.41, 5.74) is 0. The van der Waals surface area contributed by atoms with Crippen LogP contribution < -0.4 is 10.6 Å². The van der Waals surface area contributed by atoms with Crippen LogP contribution in [0.15, 0.2) is 0 Å². The van der Waals surface area contributed by atoms with Crippen molar-refractivity contribution in [2.75, 3.05) is 13.1 Å². The van der Waals surface area contributed by atoms with Gasteiger partial charge >= 0.3 is 0 Å². The Balaban J connectivity index is 0.000000461. The molecule has 1 saturated heterocycles. The summed E-state index contributed by atoms with van der Waals surface area (Å²) >= 11 is 0. The Kier molecular flexibility index (Phi) is 5.84. The normalized spacial score (nSPS) is 21.9. The van der Waals surface area contributed by atoms with Gasteiger partial charge < -0.3 is 10.6 Å². The van der Waals surface area contributed by atoms with E-state index in [1.54, 1.807) is 6.92 Å². The first-order valence-corrected chi connectivity index (χ1v) is 4.27. The minimum absolute atomic E-state index is 0.0729. The molecule has 1 amide bonds. The summed E-state index contributed by atoms with van der Waals surface area (Å²) in [6, 6.07) is 0.377. The van der Waals surface area contributed by atoms with Gasteiger partial charge in [-0.15, -0.1) is 0 Å².